The van der Waals surface area contributed by atoms with E-state index in [1.807, 2.05) is 0 Å². The number of fused-ring (bicyclic) bond motifs is 5. The van der Waals surface area contributed by atoms with Crippen molar-refractivity contribution in [2.75, 3.05) is 6.61 Å². The van der Waals surface area contributed by atoms with Gasteiger partial charge < -0.3 is 10.5 Å². The van der Waals surface area contributed by atoms with Crippen molar-refractivity contribution in [3.63, 3.8) is 0 Å². The number of allylic oxidation sites excluding steroid dienone is 3. The number of nitrogens with two attached hydrogens (primary N) is 1. The number of hydrazone groups is 1. The van der Waals surface area contributed by atoms with Crippen LogP contribution >= 0.6 is 12.2 Å². The molecule has 0 amide bonds. The Bertz CT molecular complexity index is 933. The molecule has 0 aromatic rings. The van der Waals surface area contributed by atoms with Gasteiger partial charge >= 0.3 is 5.97 Å². The summed E-state index contributed by atoms with van der Waals surface area (Å²) in [4.78, 5) is 11.6. The Kier molecular flexibility index (Phi) is 4.69. The van der Waals surface area contributed by atoms with Gasteiger partial charge in [0.1, 0.15) is 6.61 Å². The van der Waals surface area contributed by atoms with E-state index < -0.39 is 0 Å². The molecule has 5 rings (SSSR count). The Morgan fingerprint density at radius 3 is 2.83 bits per heavy atom. The fraction of sp³-hybridized carbons (Fsp3) is 0.625. The van der Waals surface area contributed by atoms with Gasteiger partial charge in [-0.1, -0.05) is 31.6 Å². The SMILES string of the molecule is C[C@]12CC[C@H]3[C@H](CC[C@H]4CC(=NNC(N)=S)CC[C@@]43C)C1=CC=C2C1=CC(=O)OC1. The van der Waals surface area contributed by atoms with Crippen LogP contribution in [0.3, 0.4) is 0 Å². The van der Waals surface area contributed by atoms with E-state index in [2.05, 4.69) is 36.5 Å². The zero-order valence-electron chi connectivity index (χ0n) is 17.9. The van der Waals surface area contributed by atoms with Crippen molar-refractivity contribution in [1.82, 2.24) is 5.43 Å². The third-order valence-electron chi connectivity index (χ3n) is 8.87. The van der Waals surface area contributed by atoms with Crippen LogP contribution in [0.4, 0.5) is 0 Å². The van der Waals surface area contributed by atoms with E-state index in [4.69, 9.17) is 22.7 Å². The van der Waals surface area contributed by atoms with Gasteiger partial charge in [-0.15, -0.1) is 0 Å². The second-order valence-corrected chi connectivity index (χ2v) is 10.6. The van der Waals surface area contributed by atoms with Gasteiger partial charge in [0.25, 0.3) is 0 Å². The molecule has 0 aromatic heterocycles. The molecule has 5 aliphatic rings. The average Bonchev–Trinajstić information content (AvgIpc) is 3.28. The number of esters is 1. The van der Waals surface area contributed by atoms with Gasteiger partial charge in [-0.25, -0.2) is 4.79 Å². The Hall–Kier alpha value is -1.95. The smallest absolute Gasteiger partial charge is 0.331 e. The first-order chi connectivity index (χ1) is 14.3. The maximum absolute atomic E-state index is 11.6. The summed E-state index contributed by atoms with van der Waals surface area (Å²) in [6, 6.07) is 0. The molecule has 160 valence electrons. The van der Waals surface area contributed by atoms with E-state index in [0.717, 1.165) is 30.8 Å². The highest BCUT2D eigenvalue weighted by atomic mass is 32.1. The van der Waals surface area contributed by atoms with Crippen LogP contribution in [-0.4, -0.2) is 23.4 Å². The number of rotatable bonds is 2. The highest BCUT2D eigenvalue weighted by Crippen LogP contribution is 2.65. The third-order valence-corrected chi connectivity index (χ3v) is 8.97. The molecule has 1 heterocycles. The molecule has 5 nitrogen and oxygen atoms in total. The van der Waals surface area contributed by atoms with Crippen LogP contribution in [0.2, 0.25) is 0 Å². The van der Waals surface area contributed by atoms with Gasteiger partial charge in [0.2, 0.25) is 0 Å². The molecule has 5 atom stereocenters. The quantitative estimate of drug-likeness (QED) is 0.395. The molecule has 3 fully saturated rings. The molecule has 0 saturated heterocycles. The van der Waals surface area contributed by atoms with Crippen LogP contribution < -0.4 is 11.2 Å². The van der Waals surface area contributed by atoms with E-state index in [-0.39, 0.29) is 16.5 Å². The predicted molar refractivity (Wildman–Crippen MR) is 122 cm³/mol. The molecule has 4 aliphatic carbocycles. The summed E-state index contributed by atoms with van der Waals surface area (Å²) in [7, 11) is 0. The second-order valence-electron chi connectivity index (χ2n) is 10.2. The first kappa shape index (κ1) is 20.0. The Balaban J connectivity index is 1.36. The van der Waals surface area contributed by atoms with Crippen LogP contribution in [-0.2, 0) is 9.53 Å². The number of nitrogens with one attached hydrogen (secondary N) is 1. The van der Waals surface area contributed by atoms with Gasteiger partial charge in [-0.2, -0.15) is 5.10 Å². The zero-order valence-corrected chi connectivity index (χ0v) is 18.7. The van der Waals surface area contributed by atoms with E-state index in [1.54, 1.807) is 11.6 Å². The lowest BCUT2D eigenvalue weighted by molar-refractivity contribution is -0.134. The van der Waals surface area contributed by atoms with Gasteiger partial charge in [-0.3, -0.25) is 5.43 Å². The largest absolute Gasteiger partial charge is 0.458 e. The Morgan fingerprint density at radius 2 is 2.10 bits per heavy atom. The van der Waals surface area contributed by atoms with Crippen molar-refractivity contribution in [2.45, 2.75) is 58.8 Å². The maximum atomic E-state index is 11.6. The summed E-state index contributed by atoms with van der Waals surface area (Å²) in [5.74, 6) is 1.85. The first-order valence-corrected chi connectivity index (χ1v) is 11.6. The van der Waals surface area contributed by atoms with Gasteiger partial charge in [0.05, 0.1) is 0 Å². The summed E-state index contributed by atoms with van der Waals surface area (Å²) >= 11 is 4.90. The molecular weight excluding hydrogens is 394 g/mol. The van der Waals surface area contributed by atoms with Crippen molar-refractivity contribution in [3.8, 4) is 0 Å². The second kappa shape index (κ2) is 7.04. The fourth-order valence-electron chi connectivity index (χ4n) is 7.28. The number of ether oxygens (including phenoxy) is 1. The first-order valence-electron chi connectivity index (χ1n) is 11.2. The standard InChI is InChI=1S/C24H31N3O2S/c1-23-9-7-16(26-27-22(25)30)12-15(23)3-4-17-19-6-5-18(14-11-21(28)29-13-14)24(19,2)10-8-20(17)23/h5-6,11,15,17,20H,3-4,7-10,12-13H2,1-2H3,(H3,25,27,30)/t15-,17+,20-,23-,24+/m0/s1. The Labute approximate surface area is 183 Å². The summed E-state index contributed by atoms with van der Waals surface area (Å²) in [6.07, 6.45) is 14.5. The van der Waals surface area contributed by atoms with Crippen molar-refractivity contribution in [1.29, 1.82) is 0 Å². The topological polar surface area (TPSA) is 76.7 Å². The highest BCUT2D eigenvalue weighted by molar-refractivity contribution is 7.80. The lowest BCUT2D eigenvalue weighted by Gasteiger charge is -2.58. The average molecular weight is 426 g/mol. The van der Waals surface area contributed by atoms with Crippen LogP contribution in [0.25, 0.3) is 0 Å². The zero-order chi connectivity index (χ0) is 21.1. The maximum Gasteiger partial charge on any atom is 0.331 e. The van der Waals surface area contributed by atoms with Gasteiger partial charge in [0, 0.05) is 22.8 Å². The van der Waals surface area contributed by atoms with Crippen LogP contribution in [0.15, 0.2) is 40.0 Å². The van der Waals surface area contributed by atoms with Crippen LogP contribution in [0.1, 0.15) is 58.8 Å². The molecule has 0 spiro atoms. The van der Waals surface area contributed by atoms with E-state index in [1.165, 1.54) is 37.0 Å². The van der Waals surface area contributed by atoms with Gasteiger partial charge in [0.15, 0.2) is 5.11 Å². The van der Waals surface area contributed by atoms with E-state index in [9.17, 15) is 4.79 Å². The number of hydrogen-bond acceptors (Lipinski definition) is 4. The van der Waals surface area contributed by atoms with Crippen molar-refractivity contribution in [3.05, 3.63) is 34.9 Å². The monoisotopic (exact) mass is 425 g/mol. The summed E-state index contributed by atoms with van der Waals surface area (Å²) in [5, 5.41) is 4.71. The molecule has 0 unspecified atom stereocenters. The molecular formula is C24H31N3O2S. The molecule has 3 saturated carbocycles. The number of carbonyl (C=O) groups is 1. The highest BCUT2D eigenvalue weighted by Gasteiger charge is 2.56. The number of hydrogen-bond donors (Lipinski definition) is 2. The van der Waals surface area contributed by atoms with Crippen molar-refractivity contribution >= 4 is 29.0 Å². The number of cyclic esters (lactones) is 1. The molecule has 6 heteroatoms. The number of nitrogens with zero attached hydrogens (tertiary/aromatic N) is 1. The molecule has 1 aliphatic heterocycles. The lowest BCUT2D eigenvalue weighted by atomic mass is 9.46. The minimum absolute atomic E-state index is 0.0617. The minimum atomic E-state index is -0.200. The molecule has 0 aromatic carbocycles. The van der Waals surface area contributed by atoms with Gasteiger partial charge in [-0.05, 0) is 85.9 Å². The van der Waals surface area contributed by atoms with Crippen LogP contribution in [0.5, 0.6) is 0 Å². The molecule has 30 heavy (non-hydrogen) atoms. The minimum Gasteiger partial charge on any atom is -0.458 e. The molecule has 0 bridgehead atoms. The molecule has 0 radical (unpaired) electrons. The van der Waals surface area contributed by atoms with E-state index >= 15 is 0 Å². The molecule has 3 N–H and O–H groups in total. The number of thiocarbonyl (C=S) groups is 1. The normalized spacial score (nSPS) is 41.1. The third kappa shape index (κ3) is 2.98. The lowest BCUT2D eigenvalue weighted by Crippen LogP contribution is -2.51. The van der Waals surface area contributed by atoms with Crippen molar-refractivity contribution < 1.29 is 9.53 Å². The van der Waals surface area contributed by atoms with Crippen molar-refractivity contribution in [2.24, 2.45) is 39.4 Å². The Morgan fingerprint density at radius 1 is 1.27 bits per heavy atom. The summed E-state index contributed by atoms with van der Waals surface area (Å²) < 4.78 is 5.21. The van der Waals surface area contributed by atoms with Crippen LogP contribution in [0, 0.1) is 28.6 Å². The number of carbonyl (C=O) groups excluding carboxylic acids is 1. The summed E-state index contributed by atoms with van der Waals surface area (Å²) in [6.45, 7) is 5.35. The van der Waals surface area contributed by atoms with E-state index in [0.29, 0.717) is 23.9 Å². The summed E-state index contributed by atoms with van der Waals surface area (Å²) in [5.41, 5.74) is 14.0. The predicted octanol–water partition coefficient (Wildman–Crippen LogP) is 4.16. The fourth-order valence-corrected chi connectivity index (χ4v) is 7.33.